The zero-order chi connectivity index (χ0) is 18.8. The van der Waals surface area contributed by atoms with Gasteiger partial charge in [0.05, 0.1) is 0 Å². The largest absolute Gasteiger partial charge is 0.336 e. The number of imidazole rings is 1. The van der Waals surface area contributed by atoms with Crippen LogP contribution < -0.4 is 11.2 Å². The molecule has 148 valence electrons. The highest BCUT2D eigenvalue weighted by molar-refractivity contribution is 5.70. The van der Waals surface area contributed by atoms with E-state index >= 15 is 0 Å². The highest BCUT2D eigenvalue weighted by Gasteiger charge is 2.24. The number of H-pyrrole nitrogens is 1. The van der Waals surface area contributed by atoms with Crippen LogP contribution in [-0.2, 0) is 13.1 Å². The van der Waals surface area contributed by atoms with Gasteiger partial charge in [0.25, 0.3) is 5.56 Å². The van der Waals surface area contributed by atoms with Gasteiger partial charge >= 0.3 is 5.69 Å². The molecule has 1 N–H and O–H groups in total. The van der Waals surface area contributed by atoms with E-state index in [1.54, 1.807) is 4.57 Å². The summed E-state index contributed by atoms with van der Waals surface area (Å²) in [6.07, 6.45) is 12.9. The molecule has 2 heterocycles. The molecular weight excluding hydrogens is 340 g/mol. The number of aryl methyl sites for hydroxylation is 1. The van der Waals surface area contributed by atoms with E-state index in [2.05, 4.69) is 4.98 Å². The Hall–Kier alpha value is -1.85. The molecule has 2 aromatic rings. The van der Waals surface area contributed by atoms with Gasteiger partial charge in [-0.05, 0) is 31.6 Å². The lowest BCUT2D eigenvalue weighted by atomic mass is 9.87. The molecule has 0 spiro atoms. The number of rotatable bonds is 6. The molecule has 0 bridgehead atoms. The highest BCUT2D eigenvalue weighted by Crippen LogP contribution is 2.33. The normalized spacial score (nSPS) is 19.3. The molecule has 0 aliphatic heterocycles. The fraction of sp³-hybridized carbons (Fsp3) is 0.762. The first-order valence-electron chi connectivity index (χ1n) is 10.9. The number of aromatic nitrogens is 4. The average Bonchev–Trinajstić information content (AvgIpc) is 3.36. The summed E-state index contributed by atoms with van der Waals surface area (Å²) in [5.74, 6) is 2.00. The van der Waals surface area contributed by atoms with Crippen molar-refractivity contribution in [3.63, 3.8) is 0 Å². The predicted molar refractivity (Wildman–Crippen MR) is 107 cm³/mol. The number of hydrogen-bond acceptors (Lipinski definition) is 3. The van der Waals surface area contributed by atoms with Crippen molar-refractivity contribution in [3.8, 4) is 0 Å². The van der Waals surface area contributed by atoms with Crippen molar-refractivity contribution < 1.29 is 0 Å². The Kier molecular flexibility index (Phi) is 5.50. The number of nitrogens with zero attached hydrogens (tertiary/aromatic N) is 3. The van der Waals surface area contributed by atoms with Gasteiger partial charge in [-0.1, -0.05) is 51.9 Å². The van der Waals surface area contributed by atoms with Gasteiger partial charge in [-0.25, -0.2) is 9.78 Å². The van der Waals surface area contributed by atoms with E-state index in [0.29, 0.717) is 36.1 Å². The van der Waals surface area contributed by atoms with Crippen molar-refractivity contribution in [1.82, 2.24) is 19.1 Å². The van der Waals surface area contributed by atoms with Crippen LogP contribution in [0, 0.1) is 5.92 Å². The average molecular weight is 373 g/mol. The van der Waals surface area contributed by atoms with Crippen molar-refractivity contribution in [2.45, 2.75) is 96.6 Å². The summed E-state index contributed by atoms with van der Waals surface area (Å²) in [6, 6.07) is 0. The Balaban J connectivity index is 1.74. The van der Waals surface area contributed by atoms with E-state index in [0.717, 1.165) is 31.5 Å². The van der Waals surface area contributed by atoms with E-state index in [4.69, 9.17) is 4.98 Å². The molecule has 2 fully saturated rings. The minimum atomic E-state index is -0.206. The van der Waals surface area contributed by atoms with Gasteiger partial charge in [0.1, 0.15) is 11.3 Å². The monoisotopic (exact) mass is 372 g/mol. The Morgan fingerprint density at radius 2 is 1.67 bits per heavy atom. The lowest BCUT2D eigenvalue weighted by Crippen LogP contribution is -2.40. The number of hydrogen-bond donors (Lipinski definition) is 1. The molecule has 2 aromatic heterocycles. The van der Waals surface area contributed by atoms with Crippen LogP contribution in [0.15, 0.2) is 9.59 Å². The smallest absolute Gasteiger partial charge is 0.332 e. The third kappa shape index (κ3) is 3.63. The first-order chi connectivity index (χ1) is 13.2. The van der Waals surface area contributed by atoms with Crippen LogP contribution in [0.1, 0.15) is 89.3 Å². The second kappa shape index (κ2) is 8.03. The maximum atomic E-state index is 13.1. The van der Waals surface area contributed by atoms with Gasteiger partial charge in [0.2, 0.25) is 0 Å². The van der Waals surface area contributed by atoms with Gasteiger partial charge in [0, 0.05) is 19.0 Å². The molecule has 0 aromatic carbocycles. The molecule has 6 nitrogen and oxygen atoms in total. The van der Waals surface area contributed by atoms with Crippen molar-refractivity contribution in [3.05, 3.63) is 26.7 Å². The molecule has 0 radical (unpaired) electrons. The minimum absolute atomic E-state index is 0.186. The quantitative estimate of drug-likeness (QED) is 0.835. The SMILES string of the molecule is CCCn1c(=O)c2[nH]c(C3CCCC3)nc2n(CCC2CCCCC2)c1=O. The van der Waals surface area contributed by atoms with Gasteiger partial charge in [-0.15, -0.1) is 0 Å². The summed E-state index contributed by atoms with van der Waals surface area (Å²) in [5, 5.41) is 0. The fourth-order valence-electron chi connectivity index (χ4n) is 4.99. The first kappa shape index (κ1) is 18.5. The third-order valence-electron chi connectivity index (χ3n) is 6.55. The summed E-state index contributed by atoms with van der Waals surface area (Å²) in [4.78, 5) is 34.1. The van der Waals surface area contributed by atoms with E-state index in [1.807, 2.05) is 6.92 Å². The zero-order valence-corrected chi connectivity index (χ0v) is 16.5. The summed E-state index contributed by atoms with van der Waals surface area (Å²) >= 11 is 0. The van der Waals surface area contributed by atoms with Crippen LogP contribution in [0.25, 0.3) is 11.2 Å². The Labute approximate surface area is 160 Å². The first-order valence-corrected chi connectivity index (χ1v) is 10.9. The van der Waals surface area contributed by atoms with E-state index in [9.17, 15) is 9.59 Å². The van der Waals surface area contributed by atoms with E-state index < -0.39 is 0 Å². The molecule has 2 aliphatic carbocycles. The molecule has 4 rings (SSSR count). The second-order valence-corrected chi connectivity index (χ2v) is 8.49. The molecule has 0 saturated heterocycles. The number of aromatic amines is 1. The van der Waals surface area contributed by atoms with E-state index in [-0.39, 0.29) is 11.2 Å². The van der Waals surface area contributed by atoms with Crippen molar-refractivity contribution in [1.29, 1.82) is 0 Å². The summed E-state index contributed by atoms with van der Waals surface area (Å²) < 4.78 is 3.18. The lowest BCUT2D eigenvalue weighted by molar-refractivity contribution is 0.322. The lowest BCUT2D eigenvalue weighted by Gasteiger charge is -2.22. The molecule has 0 unspecified atom stereocenters. The topological polar surface area (TPSA) is 72.7 Å². The van der Waals surface area contributed by atoms with Crippen LogP contribution in [0.5, 0.6) is 0 Å². The highest BCUT2D eigenvalue weighted by atomic mass is 16.2. The summed E-state index contributed by atoms with van der Waals surface area (Å²) in [5.41, 5.74) is 0.709. The minimum Gasteiger partial charge on any atom is -0.336 e. The Morgan fingerprint density at radius 1 is 0.963 bits per heavy atom. The van der Waals surface area contributed by atoms with Crippen LogP contribution in [0.3, 0.4) is 0 Å². The Bertz CT molecular complexity index is 895. The number of fused-ring (bicyclic) bond motifs is 1. The molecule has 0 amide bonds. The predicted octanol–water partition coefficient (Wildman–Crippen LogP) is 3.92. The molecule has 2 saturated carbocycles. The van der Waals surface area contributed by atoms with Gasteiger partial charge in [-0.3, -0.25) is 13.9 Å². The van der Waals surface area contributed by atoms with Crippen molar-refractivity contribution in [2.75, 3.05) is 0 Å². The second-order valence-electron chi connectivity index (χ2n) is 8.49. The standard InChI is InChI=1S/C21H32N4O2/c1-2-13-25-20(26)17-19(23-18(22-17)16-10-6-7-11-16)24(21(25)27)14-12-15-8-4-3-5-9-15/h15-16H,2-14H2,1H3,(H,22,23). The molecule has 27 heavy (non-hydrogen) atoms. The Morgan fingerprint density at radius 3 is 2.37 bits per heavy atom. The van der Waals surface area contributed by atoms with Gasteiger partial charge in [-0.2, -0.15) is 0 Å². The van der Waals surface area contributed by atoms with Crippen LogP contribution in [-0.4, -0.2) is 19.1 Å². The molecule has 6 heteroatoms. The van der Waals surface area contributed by atoms with Crippen molar-refractivity contribution >= 4 is 11.2 Å². The van der Waals surface area contributed by atoms with Crippen LogP contribution in [0.2, 0.25) is 0 Å². The summed E-state index contributed by atoms with van der Waals surface area (Å²) in [6.45, 7) is 3.13. The van der Waals surface area contributed by atoms with Gasteiger partial charge < -0.3 is 4.98 Å². The maximum absolute atomic E-state index is 13.1. The molecule has 0 atom stereocenters. The number of nitrogens with one attached hydrogen (secondary N) is 1. The van der Waals surface area contributed by atoms with Crippen LogP contribution >= 0.6 is 0 Å². The van der Waals surface area contributed by atoms with Crippen molar-refractivity contribution in [2.24, 2.45) is 5.92 Å². The zero-order valence-electron chi connectivity index (χ0n) is 16.5. The van der Waals surface area contributed by atoms with Gasteiger partial charge in [0.15, 0.2) is 5.65 Å². The summed E-state index contributed by atoms with van der Waals surface area (Å²) in [7, 11) is 0. The maximum Gasteiger partial charge on any atom is 0.332 e. The molecule has 2 aliphatic rings. The van der Waals surface area contributed by atoms with E-state index in [1.165, 1.54) is 49.5 Å². The third-order valence-corrected chi connectivity index (χ3v) is 6.55. The fourth-order valence-corrected chi connectivity index (χ4v) is 4.99. The van der Waals surface area contributed by atoms with Crippen LogP contribution in [0.4, 0.5) is 0 Å². The molecular formula is C21H32N4O2.